The largest absolute Gasteiger partial charge is 0.397 e. The number of nitrogens with two attached hydrogens (primary N) is 1. The molecular formula is C9H15N3. The molecular weight excluding hydrogens is 150 g/mol. The fourth-order valence-electron chi connectivity index (χ4n) is 1.43. The van der Waals surface area contributed by atoms with Gasteiger partial charge in [-0.05, 0) is 26.3 Å². The Morgan fingerprint density at radius 2 is 1.92 bits per heavy atom. The van der Waals surface area contributed by atoms with Crippen molar-refractivity contribution in [3.05, 3.63) is 17.0 Å². The quantitative estimate of drug-likeness (QED) is 0.610. The number of aromatic nitrogens is 1. The SMILES string of the molecule is CC(=N)c1c(N)c(C)c(C)n1C. The van der Waals surface area contributed by atoms with Gasteiger partial charge in [-0.1, -0.05) is 0 Å². The summed E-state index contributed by atoms with van der Waals surface area (Å²) in [6.45, 7) is 5.75. The Kier molecular flexibility index (Phi) is 1.96. The van der Waals surface area contributed by atoms with Crippen LogP contribution in [0.15, 0.2) is 0 Å². The van der Waals surface area contributed by atoms with E-state index in [9.17, 15) is 0 Å². The Labute approximate surface area is 72.7 Å². The molecule has 0 saturated heterocycles. The zero-order valence-corrected chi connectivity index (χ0v) is 8.02. The first kappa shape index (κ1) is 8.84. The minimum Gasteiger partial charge on any atom is -0.397 e. The highest BCUT2D eigenvalue weighted by atomic mass is 15.0. The van der Waals surface area contributed by atoms with E-state index >= 15 is 0 Å². The third kappa shape index (κ3) is 1.02. The summed E-state index contributed by atoms with van der Waals surface area (Å²) in [5.74, 6) is 0. The van der Waals surface area contributed by atoms with Crippen LogP contribution in [-0.4, -0.2) is 10.3 Å². The average Bonchev–Trinajstić information content (AvgIpc) is 2.16. The molecule has 12 heavy (non-hydrogen) atoms. The molecule has 1 heterocycles. The lowest BCUT2D eigenvalue weighted by atomic mass is 10.2. The Hall–Kier alpha value is -1.25. The molecule has 0 aliphatic heterocycles. The molecule has 0 spiro atoms. The molecule has 3 N–H and O–H groups in total. The van der Waals surface area contributed by atoms with Crippen LogP contribution in [0.3, 0.4) is 0 Å². The van der Waals surface area contributed by atoms with Crippen molar-refractivity contribution in [2.24, 2.45) is 7.05 Å². The fourth-order valence-corrected chi connectivity index (χ4v) is 1.43. The molecule has 0 aromatic carbocycles. The molecule has 0 unspecified atom stereocenters. The summed E-state index contributed by atoms with van der Waals surface area (Å²) in [5.41, 5.74) is 10.2. The molecule has 0 aliphatic rings. The molecule has 0 saturated carbocycles. The number of nitrogen functional groups attached to an aromatic ring is 1. The maximum Gasteiger partial charge on any atom is 0.0851 e. The van der Waals surface area contributed by atoms with Gasteiger partial charge in [-0.2, -0.15) is 0 Å². The lowest BCUT2D eigenvalue weighted by Gasteiger charge is -2.02. The lowest BCUT2D eigenvalue weighted by molar-refractivity contribution is 0.865. The molecule has 0 amide bonds. The van der Waals surface area contributed by atoms with Gasteiger partial charge in [0.2, 0.25) is 0 Å². The van der Waals surface area contributed by atoms with Crippen LogP contribution in [0.1, 0.15) is 23.9 Å². The second kappa shape index (κ2) is 2.66. The number of hydrogen-bond acceptors (Lipinski definition) is 2. The smallest absolute Gasteiger partial charge is 0.0851 e. The van der Waals surface area contributed by atoms with Crippen LogP contribution >= 0.6 is 0 Å². The van der Waals surface area contributed by atoms with Crippen molar-refractivity contribution in [2.75, 3.05) is 5.73 Å². The highest BCUT2D eigenvalue weighted by molar-refractivity contribution is 6.00. The van der Waals surface area contributed by atoms with Crippen LogP contribution in [0, 0.1) is 19.3 Å². The molecule has 3 heteroatoms. The highest BCUT2D eigenvalue weighted by Gasteiger charge is 2.13. The van der Waals surface area contributed by atoms with Gasteiger partial charge in [0.1, 0.15) is 0 Å². The van der Waals surface area contributed by atoms with Crippen molar-refractivity contribution >= 4 is 11.4 Å². The van der Waals surface area contributed by atoms with Gasteiger partial charge in [0.15, 0.2) is 0 Å². The number of rotatable bonds is 1. The van der Waals surface area contributed by atoms with Crippen molar-refractivity contribution in [2.45, 2.75) is 20.8 Å². The Bertz CT molecular complexity index is 309. The van der Waals surface area contributed by atoms with Crippen LogP contribution < -0.4 is 5.73 Å². The second-order valence-corrected chi connectivity index (χ2v) is 3.16. The van der Waals surface area contributed by atoms with Gasteiger partial charge >= 0.3 is 0 Å². The van der Waals surface area contributed by atoms with E-state index in [-0.39, 0.29) is 0 Å². The number of nitrogens with zero attached hydrogens (tertiary/aromatic N) is 1. The third-order valence-corrected chi connectivity index (χ3v) is 2.40. The van der Waals surface area contributed by atoms with E-state index in [2.05, 4.69) is 0 Å². The van der Waals surface area contributed by atoms with E-state index in [1.807, 2.05) is 25.5 Å². The van der Waals surface area contributed by atoms with Crippen LogP contribution in [0.25, 0.3) is 0 Å². The monoisotopic (exact) mass is 165 g/mol. The Morgan fingerprint density at radius 3 is 2.08 bits per heavy atom. The number of hydrogen-bond donors (Lipinski definition) is 2. The zero-order valence-electron chi connectivity index (χ0n) is 8.02. The minimum absolute atomic E-state index is 0.520. The normalized spacial score (nSPS) is 10.3. The summed E-state index contributed by atoms with van der Waals surface area (Å²) in [6.07, 6.45) is 0. The molecule has 0 radical (unpaired) electrons. The second-order valence-electron chi connectivity index (χ2n) is 3.16. The van der Waals surface area contributed by atoms with Crippen LogP contribution in [0.4, 0.5) is 5.69 Å². The predicted octanol–water partition coefficient (Wildman–Crippen LogP) is 1.61. The van der Waals surface area contributed by atoms with E-state index in [0.717, 1.165) is 22.6 Å². The lowest BCUT2D eigenvalue weighted by Crippen LogP contribution is -2.05. The highest BCUT2D eigenvalue weighted by Crippen LogP contribution is 2.23. The van der Waals surface area contributed by atoms with Gasteiger partial charge in [-0.3, -0.25) is 0 Å². The van der Waals surface area contributed by atoms with Crippen LogP contribution in [-0.2, 0) is 7.05 Å². The van der Waals surface area contributed by atoms with E-state index < -0.39 is 0 Å². The maximum absolute atomic E-state index is 7.53. The van der Waals surface area contributed by atoms with Gasteiger partial charge in [0, 0.05) is 12.7 Å². The van der Waals surface area contributed by atoms with E-state index in [1.54, 1.807) is 6.92 Å². The molecule has 1 aromatic heterocycles. The first-order valence-corrected chi connectivity index (χ1v) is 3.93. The Morgan fingerprint density at radius 1 is 1.42 bits per heavy atom. The van der Waals surface area contributed by atoms with Crippen molar-refractivity contribution in [3.8, 4) is 0 Å². The van der Waals surface area contributed by atoms with Gasteiger partial charge < -0.3 is 15.7 Å². The van der Waals surface area contributed by atoms with E-state index in [0.29, 0.717) is 5.71 Å². The molecule has 1 rings (SSSR count). The molecule has 66 valence electrons. The molecule has 1 aromatic rings. The van der Waals surface area contributed by atoms with Crippen molar-refractivity contribution < 1.29 is 0 Å². The van der Waals surface area contributed by atoms with Crippen molar-refractivity contribution in [1.29, 1.82) is 5.41 Å². The number of anilines is 1. The van der Waals surface area contributed by atoms with E-state index in [1.165, 1.54) is 0 Å². The summed E-state index contributed by atoms with van der Waals surface area (Å²) in [5, 5.41) is 7.53. The van der Waals surface area contributed by atoms with Gasteiger partial charge in [0.05, 0.1) is 17.1 Å². The van der Waals surface area contributed by atoms with Crippen molar-refractivity contribution in [3.63, 3.8) is 0 Å². The molecule has 0 aliphatic carbocycles. The Balaban J connectivity index is 3.48. The summed E-state index contributed by atoms with van der Waals surface area (Å²) in [7, 11) is 1.94. The molecule has 0 atom stereocenters. The third-order valence-electron chi connectivity index (χ3n) is 2.40. The van der Waals surface area contributed by atoms with Crippen LogP contribution in [0.5, 0.6) is 0 Å². The number of nitrogens with one attached hydrogen (secondary N) is 1. The van der Waals surface area contributed by atoms with Gasteiger partial charge in [-0.25, -0.2) is 0 Å². The molecule has 0 bridgehead atoms. The summed E-state index contributed by atoms with van der Waals surface area (Å²) in [6, 6.07) is 0. The van der Waals surface area contributed by atoms with E-state index in [4.69, 9.17) is 11.1 Å². The zero-order chi connectivity index (χ0) is 9.46. The maximum atomic E-state index is 7.53. The first-order chi connectivity index (χ1) is 5.46. The average molecular weight is 165 g/mol. The summed E-state index contributed by atoms with van der Waals surface area (Å²) >= 11 is 0. The van der Waals surface area contributed by atoms with Gasteiger partial charge in [0.25, 0.3) is 0 Å². The summed E-state index contributed by atoms with van der Waals surface area (Å²) in [4.78, 5) is 0. The summed E-state index contributed by atoms with van der Waals surface area (Å²) < 4.78 is 1.97. The fraction of sp³-hybridized carbons (Fsp3) is 0.444. The van der Waals surface area contributed by atoms with Crippen LogP contribution in [0.2, 0.25) is 0 Å². The predicted molar refractivity (Wildman–Crippen MR) is 51.8 cm³/mol. The van der Waals surface area contributed by atoms with Gasteiger partial charge in [-0.15, -0.1) is 0 Å². The molecule has 3 nitrogen and oxygen atoms in total. The first-order valence-electron chi connectivity index (χ1n) is 3.93. The molecule has 0 fully saturated rings. The standard InChI is InChI=1S/C9H15N3/c1-5-7(3)12(4)9(6(2)10)8(5)11/h10H,11H2,1-4H3. The minimum atomic E-state index is 0.520. The van der Waals surface area contributed by atoms with Crippen molar-refractivity contribution in [1.82, 2.24) is 4.57 Å². The topological polar surface area (TPSA) is 54.8 Å².